The molecule has 0 spiro atoms. The molecule has 0 fully saturated rings. The molecule has 0 aliphatic heterocycles. The van der Waals surface area contributed by atoms with E-state index in [1.807, 2.05) is 58.0 Å². The van der Waals surface area contributed by atoms with Crippen LogP contribution in [0.2, 0.25) is 0 Å². The minimum Gasteiger partial charge on any atom is -0.507 e. The van der Waals surface area contributed by atoms with Crippen LogP contribution in [0.5, 0.6) is 5.75 Å². The molecular formula is C22H26N2O3S. The van der Waals surface area contributed by atoms with Crippen LogP contribution >= 0.6 is 0 Å². The van der Waals surface area contributed by atoms with Crippen LogP contribution in [0.15, 0.2) is 47.4 Å². The Morgan fingerprint density at radius 3 is 2.11 bits per heavy atom. The van der Waals surface area contributed by atoms with Crippen molar-refractivity contribution in [3.8, 4) is 11.8 Å². The van der Waals surface area contributed by atoms with Crippen molar-refractivity contribution in [1.29, 1.82) is 5.26 Å². The first-order valence-electron chi connectivity index (χ1n) is 9.18. The Labute approximate surface area is 167 Å². The van der Waals surface area contributed by atoms with Crippen LogP contribution in [0.25, 0.3) is 6.08 Å². The Morgan fingerprint density at radius 2 is 1.64 bits per heavy atom. The van der Waals surface area contributed by atoms with Gasteiger partial charge in [0.2, 0.25) is 0 Å². The van der Waals surface area contributed by atoms with E-state index in [4.69, 9.17) is 0 Å². The molecule has 0 amide bonds. The van der Waals surface area contributed by atoms with Gasteiger partial charge in [0.25, 0.3) is 10.0 Å². The normalized spacial score (nSPS) is 12.4. The van der Waals surface area contributed by atoms with Gasteiger partial charge in [0.1, 0.15) is 11.8 Å². The molecule has 148 valence electrons. The fourth-order valence-corrected chi connectivity index (χ4v) is 3.76. The highest BCUT2D eigenvalue weighted by molar-refractivity contribution is 7.93. The van der Waals surface area contributed by atoms with E-state index >= 15 is 0 Å². The van der Waals surface area contributed by atoms with Gasteiger partial charge in [-0.25, -0.2) is 13.1 Å². The first kappa shape index (κ1) is 21.7. The molecule has 0 saturated heterocycles. The fraction of sp³-hybridized carbons (Fsp3) is 0.318. The molecule has 2 aromatic rings. The van der Waals surface area contributed by atoms with Gasteiger partial charge in [0, 0.05) is 6.54 Å². The Hall–Kier alpha value is -2.62. The number of phenols is 1. The van der Waals surface area contributed by atoms with Gasteiger partial charge in [-0.05, 0) is 52.3 Å². The number of nitrogens with one attached hydrogen (secondary N) is 1. The van der Waals surface area contributed by atoms with Crippen molar-refractivity contribution in [3.63, 3.8) is 0 Å². The van der Waals surface area contributed by atoms with E-state index in [-0.39, 0.29) is 29.0 Å². The molecule has 2 aromatic carbocycles. The van der Waals surface area contributed by atoms with Crippen LogP contribution in [-0.4, -0.2) is 13.5 Å². The molecule has 0 aliphatic rings. The second kappa shape index (κ2) is 9.05. The smallest absolute Gasteiger partial charge is 0.251 e. The SMILES string of the molecule is CC(C)c1cc(/C=C(\C#N)S(=O)(=O)NCc2ccccc2)cc(C(C)C)c1O. The number of allylic oxidation sites excluding steroid dienone is 1. The molecule has 0 radical (unpaired) electrons. The zero-order valence-corrected chi connectivity index (χ0v) is 17.4. The van der Waals surface area contributed by atoms with Crippen molar-refractivity contribution in [3.05, 3.63) is 69.6 Å². The molecule has 0 unspecified atom stereocenters. The Balaban J connectivity index is 2.41. The van der Waals surface area contributed by atoms with E-state index in [0.717, 1.165) is 16.7 Å². The summed E-state index contributed by atoms with van der Waals surface area (Å²) in [5.41, 5.74) is 2.83. The molecule has 0 heterocycles. The molecule has 2 N–H and O–H groups in total. The number of hydrogen-bond donors (Lipinski definition) is 2. The third-order valence-electron chi connectivity index (χ3n) is 4.44. The lowest BCUT2D eigenvalue weighted by Gasteiger charge is -2.16. The lowest BCUT2D eigenvalue weighted by Crippen LogP contribution is -2.24. The van der Waals surface area contributed by atoms with Crippen LogP contribution in [0.1, 0.15) is 61.8 Å². The highest BCUT2D eigenvalue weighted by Gasteiger charge is 2.19. The highest BCUT2D eigenvalue weighted by atomic mass is 32.2. The topological polar surface area (TPSA) is 90.2 Å². The van der Waals surface area contributed by atoms with Gasteiger partial charge in [-0.2, -0.15) is 5.26 Å². The fourth-order valence-electron chi connectivity index (χ4n) is 2.84. The molecule has 5 nitrogen and oxygen atoms in total. The zero-order valence-electron chi connectivity index (χ0n) is 16.6. The second-order valence-electron chi connectivity index (χ2n) is 7.29. The summed E-state index contributed by atoms with van der Waals surface area (Å²) in [7, 11) is -3.96. The number of benzene rings is 2. The summed E-state index contributed by atoms with van der Waals surface area (Å²) >= 11 is 0. The molecule has 2 rings (SSSR count). The number of aromatic hydroxyl groups is 1. The lowest BCUT2D eigenvalue weighted by molar-refractivity contribution is 0.454. The average Bonchev–Trinajstić information content (AvgIpc) is 2.65. The van der Waals surface area contributed by atoms with Gasteiger partial charge in [0.15, 0.2) is 4.91 Å². The first-order chi connectivity index (χ1) is 13.2. The van der Waals surface area contributed by atoms with Gasteiger partial charge < -0.3 is 5.11 Å². The molecule has 0 atom stereocenters. The Morgan fingerprint density at radius 1 is 1.11 bits per heavy atom. The second-order valence-corrected chi connectivity index (χ2v) is 9.02. The predicted octanol–water partition coefficient (Wildman–Crippen LogP) is 4.62. The Bertz CT molecular complexity index is 973. The first-order valence-corrected chi connectivity index (χ1v) is 10.7. The number of hydrogen-bond acceptors (Lipinski definition) is 4. The van der Waals surface area contributed by atoms with Gasteiger partial charge in [-0.3, -0.25) is 0 Å². The van der Waals surface area contributed by atoms with Gasteiger partial charge in [0.05, 0.1) is 0 Å². The van der Waals surface area contributed by atoms with E-state index in [2.05, 4.69) is 4.72 Å². The minimum absolute atomic E-state index is 0.0594. The van der Waals surface area contributed by atoms with Gasteiger partial charge in [-0.1, -0.05) is 58.0 Å². The van der Waals surface area contributed by atoms with Crippen molar-refractivity contribution in [2.75, 3.05) is 0 Å². The summed E-state index contributed by atoms with van der Waals surface area (Å²) in [5, 5.41) is 19.9. The minimum atomic E-state index is -3.96. The number of phenolic OH excluding ortho intramolecular Hbond substituents is 1. The van der Waals surface area contributed by atoms with Crippen molar-refractivity contribution >= 4 is 16.1 Å². The number of nitrogens with zero attached hydrogens (tertiary/aromatic N) is 1. The van der Waals surface area contributed by atoms with Crippen LogP contribution in [0.4, 0.5) is 0 Å². The standard InChI is InChI=1S/C22H26N2O3S/c1-15(2)20-11-18(12-21(16(3)4)22(20)25)10-19(13-23)28(26,27)24-14-17-8-6-5-7-9-17/h5-12,15-16,24-25H,14H2,1-4H3/b19-10+. The third kappa shape index (κ3) is 5.22. The van der Waals surface area contributed by atoms with Crippen LogP contribution in [0, 0.1) is 11.3 Å². The molecule has 0 saturated carbocycles. The van der Waals surface area contributed by atoms with Crippen molar-refractivity contribution in [2.45, 2.75) is 46.1 Å². The molecular weight excluding hydrogens is 372 g/mol. The summed E-state index contributed by atoms with van der Waals surface area (Å²) in [5.74, 6) is 0.346. The van der Waals surface area contributed by atoms with E-state index in [1.165, 1.54) is 6.08 Å². The quantitative estimate of drug-likeness (QED) is 0.666. The summed E-state index contributed by atoms with van der Waals surface area (Å²) in [6.45, 7) is 7.92. The van der Waals surface area contributed by atoms with Gasteiger partial charge in [-0.15, -0.1) is 0 Å². The summed E-state index contributed by atoms with van der Waals surface area (Å²) < 4.78 is 27.7. The maximum absolute atomic E-state index is 12.6. The van der Waals surface area contributed by atoms with Gasteiger partial charge >= 0.3 is 0 Å². The van der Waals surface area contributed by atoms with Crippen molar-refractivity contribution in [1.82, 2.24) is 4.72 Å². The van der Waals surface area contributed by atoms with Crippen LogP contribution < -0.4 is 4.72 Å². The summed E-state index contributed by atoms with van der Waals surface area (Å²) in [6.07, 6.45) is 1.35. The number of sulfonamides is 1. The van der Waals surface area contributed by atoms with E-state index in [0.29, 0.717) is 5.56 Å². The molecule has 0 aliphatic carbocycles. The highest BCUT2D eigenvalue weighted by Crippen LogP contribution is 2.35. The van der Waals surface area contributed by atoms with Crippen LogP contribution in [-0.2, 0) is 16.6 Å². The predicted molar refractivity (Wildman–Crippen MR) is 112 cm³/mol. The maximum Gasteiger partial charge on any atom is 0.251 e. The Kier molecular flexibility index (Phi) is 7.00. The maximum atomic E-state index is 12.6. The average molecular weight is 399 g/mol. The molecule has 28 heavy (non-hydrogen) atoms. The van der Waals surface area contributed by atoms with E-state index in [9.17, 15) is 18.8 Å². The number of rotatable bonds is 7. The van der Waals surface area contributed by atoms with E-state index in [1.54, 1.807) is 18.2 Å². The summed E-state index contributed by atoms with van der Waals surface area (Å²) in [6, 6.07) is 14.4. The largest absolute Gasteiger partial charge is 0.507 e. The van der Waals surface area contributed by atoms with Crippen LogP contribution in [0.3, 0.4) is 0 Å². The zero-order chi connectivity index (χ0) is 20.9. The molecule has 0 aromatic heterocycles. The number of nitriles is 1. The molecule has 6 heteroatoms. The lowest BCUT2D eigenvalue weighted by atomic mass is 9.91. The third-order valence-corrected chi connectivity index (χ3v) is 5.75. The summed E-state index contributed by atoms with van der Waals surface area (Å²) in [4.78, 5) is -0.362. The molecule has 0 bridgehead atoms. The monoisotopic (exact) mass is 398 g/mol. The van der Waals surface area contributed by atoms with Crippen molar-refractivity contribution < 1.29 is 13.5 Å². The van der Waals surface area contributed by atoms with Crippen molar-refractivity contribution in [2.24, 2.45) is 0 Å². The van der Waals surface area contributed by atoms with E-state index < -0.39 is 10.0 Å².